The number of carbonyl (C=O) groups is 2. The van der Waals surface area contributed by atoms with Crippen LogP contribution in [-0.2, 0) is 16.8 Å². The van der Waals surface area contributed by atoms with Crippen molar-refractivity contribution >= 4 is 23.3 Å². The second kappa shape index (κ2) is 6.71. The van der Waals surface area contributed by atoms with Gasteiger partial charge in [0.1, 0.15) is 0 Å². The highest BCUT2D eigenvalue weighted by molar-refractivity contribution is 6.04. The van der Waals surface area contributed by atoms with Crippen LogP contribution in [0.25, 0.3) is 0 Å². The van der Waals surface area contributed by atoms with Crippen molar-refractivity contribution in [1.29, 1.82) is 0 Å². The summed E-state index contributed by atoms with van der Waals surface area (Å²) in [6.45, 7) is 4.74. The van der Waals surface area contributed by atoms with Crippen LogP contribution in [0.1, 0.15) is 36.7 Å². The molecule has 0 atom stereocenters. The number of nitro benzene ring substituents is 1. The summed E-state index contributed by atoms with van der Waals surface area (Å²) >= 11 is 0. The van der Waals surface area contributed by atoms with Gasteiger partial charge in [-0.3, -0.25) is 19.6 Å². The van der Waals surface area contributed by atoms with E-state index in [1.165, 1.54) is 43.1 Å². The van der Waals surface area contributed by atoms with Crippen LogP contribution in [0.4, 0.5) is 11.4 Å². The van der Waals surface area contributed by atoms with Crippen LogP contribution in [-0.4, -0.2) is 31.7 Å². The molecule has 0 spiro atoms. The van der Waals surface area contributed by atoms with Crippen LogP contribution < -0.4 is 5.32 Å². The highest BCUT2D eigenvalue weighted by Crippen LogP contribution is 2.22. The van der Waals surface area contributed by atoms with Gasteiger partial charge in [0, 0.05) is 23.4 Å². The minimum absolute atomic E-state index is 0.113. The Morgan fingerprint density at radius 2 is 2.08 bits per heavy atom. The lowest BCUT2D eigenvalue weighted by molar-refractivity contribution is -0.385. The Morgan fingerprint density at radius 1 is 1.40 bits per heavy atom. The maximum atomic E-state index is 12.3. The average molecular weight is 346 g/mol. The lowest BCUT2D eigenvalue weighted by atomic mass is 10.1. The van der Waals surface area contributed by atoms with Gasteiger partial charge in [-0.1, -0.05) is 13.0 Å². The van der Waals surface area contributed by atoms with Gasteiger partial charge in [0.25, 0.3) is 11.6 Å². The van der Waals surface area contributed by atoms with E-state index < -0.39 is 22.3 Å². The van der Waals surface area contributed by atoms with E-state index >= 15 is 0 Å². The predicted octanol–water partition coefficient (Wildman–Crippen LogP) is 2.43. The van der Waals surface area contributed by atoms with Crippen molar-refractivity contribution in [3.05, 3.63) is 51.8 Å². The van der Waals surface area contributed by atoms with Gasteiger partial charge >= 0.3 is 5.97 Å². The number of aryl methyl sites for hydroxylation is 1. The molecular weight excluding hydrogens is 328 g/mol. The lowest BCUT2D eigenvalue weighted by Crippen LogP contribution is -2.35. The SMILES string of the molecule is CCc1ccc(C(=O)Nc2cnn(C(C)(C)C(=O)O)c2)cc1[N+](=O)[O-]. The zero-order chi connectivity index (χ0) is 18.8. The summed E-state index contributed by atoms with van der Waals surface area (Å²) in [6, 6.07) is 4.27. The first-order valence-corrected chi connectivity index (χ1v) is 7.54. The molecule has 0 aliphatic carbocycles. The third kappa shape index (κ3) is 3.65. The number of hydrogen-bond donors (Lipinski definition) is 2. The number of carboxylic acids is 1. The van der Waals surface area contributed by atoms with Crippen LogP contribution >= 0.6 is 0 Å². The van der Waals surface area contributed by atoms with E-state index in [0.717, 1.165) is 0 Å². The van der Waals surface area contributed by atoms with E-state index in [4.69, 9.17) is 0 Å². The van der Waals surface area contributed by atoms with Crippen molar-refractivity contribution in [3.63, 3.8) is 0 Å². The number of aromatic nitrogens is 2. The summed E-state index contributed by atoms with van der Waals surface area (Å²) in [5, 5.41) is 26.8. The van der Waals surface area contributed by atoms with Crippen molar-refractivity contribution < 1.29 is 19.6 Å². The molecule has 1 amide bonds. The van der Waals surface area contributed by atoms with Crippen LogP contribution in [0.2, 0.25) is 0 Å². The van der Waals surface area contributed by atoms with E-state index in [1.54, 1.807) is 13.0 Å². The molecule has 9 heteroatoms. The van der Waals surface area contributed by atoms with Crippen LogP contribution in [0.5, 0.6) is 0 Å². The lowest BCUT2D eigenvalue weighted by Gasteiger charge is -2.19. The van der Waals surface area contributed by atoms with Gasteiger partial charge in [-0.2, -0.15) is 5.10 Å². The van der Waals surface area contributed by atoms with Gasteiger partial charge in [-0.05, 0) is 26.3 Å². The maximum Gasteiger partial charge on any atom is 0.331 e. The fraction of sp³-hybridized carbons (Fsp3) is 0.312. The number of benzene rings is 1. The molecule has 1 aromatic heterocycles. The number of rotatable bonds is 6. The molecule has 9 nitrogen and oxygen atoms in total. The Labute approximate surface area is 143 Å². The van der Waals surface area contributed by atoms with E-state index in [1.807, 2.05) is 0 Å². The molecule has 0 bridgehead atoms. The minimum atomic E-state index is -1.27. The quantitative estimate of drug-likeness (QED) is 0.611. The van der Waals surface area contributed by atoms with E-state index in [-0.39, 0.29) is 11.3 Å². The molecule has 0 saturated heterocycles. The standard InChI is InChI=1S/C16H18N4O5/c1-4-10-5-6-11(7-13(10)20(24)25)14(21)18-12-8-17-19(9-12)16(2,3)15(22)23/h5-9H,4H2,1-3H3,(H,18,21)(H,22,23). The van der Waals surface area contributed by atoms with Gasteiger partial charge in [0.15, 0.2) is 5.54 Å². The number of carbonyl (C=O) groups excluding carboxylic acids is 1. The van der Waals surface area contributed by atoms with Gasteiger partial charge < -0.3 is 10.4 Å². The first-order chi connectivity index (χ1) is 11.7. The summed E-state index contributed by atoms with van der Waals surface area (Å²) in [7, 11) is 0. The van der Waals surface area contributed by atoms with E-state index in [0.29, 0.717) is 17.7 Å². The molecule has 0 aliphatic rings. The fourth-order valence-corrected chi connectivity index (χ4v) is 2.17. The second-order valence-electron chi connectivity index (χ2n) is 5.95. The normalized spacial score (nSPS) is 11.2. The summed E-state index contributed by atoms with van der Waals surface area (Å²) in [6.07, 6.45) is 3.19. The zero-order valence-corrected chi connectivity index (χ0v) is 14.0. The summed E-state index contributed by atoms with van der Waals surface area (Å²) in [4.78, 5) is 34.1. The Morgan fingerprint density at radius 3 is 2.64 bits per heavy atom. The topological polar surface area (TPSA) is 127 Å². The third-order valence-electron chi connectivity index (χ3n) is 3.86. The summed E-state index contributed by atoms with van der Waals surface area (Å²) in [5.74, 6) is -1.61. The average Bonchev–Trinajstić information content (AvgIpc) is 3.03. The van der Waals surface area contributed by atoms with Crippen molar-refractivity contribution in [2.45, 2.75) is 32.7 Å². The number of nitrogens with one attached hydrogen (secondary N) is 1. The summed E-state index contributed by atoms with van der Waals surface area (Å²) < 4.78 is 1.22. The largest absolute Gasteiger partial charge is 0.479 e. The minimum Gasteiger partial charge on any atom is -0.479 e. The Hall–Kier alpha value is -3.23. The maximum absolute atomic E-state index is 12.3. The predicted molar refractivity (Wildman–Crippen MR) is 89.6 cm³/mol. The number of hydrogen-bond acceptors (Lipinski definition) is 5. The van der Waals surface area contributed by atoms with Crippen molar-refractivity contribution in [1.82, 2.24) is 9.78 Å². The van der Waals surface area contributed by atoms with Gasteiger partial charge in [0.05, 0.1) is 16.8 Å². The highest BCUT2D eigenvalue weighted by atomic mass is 16.6. The number of aliphatic carboxylic acids is 1. The second-order valence-corrected chi connectivity index (χ2v) is 5.95. The first-order valence-electron chi connectivity index (χ1n) is 7.54. The summed E-state index contributed by atoms with van der Waals surface area (Å²) in [5.41, 5.74) is -0.420. The molecule has 0 radical (unpaired) electrons. The number of amides is 1. The number of nitrogens with zero attached hydrogens (tertiary/aromatic N) is 3. The number of carboxylic acid groups (broad SMARTS) is 1. The van der Waals surface area contributed by atoms with E-state index in [9.17, 15) is 24.8 Å². The highest BCUT2D eigenvalue weighted by Gasteiger charge is 2.30. The smallest absolute Gasteiger partial charge is 0.331 e. The molecule has 1 heterocycles. The number of anilines is 1. The van der Waals surface area contributed by atoms with Crippen LogP contribution in [0.15, 0.2) is 30.6 Å². The molecule has 0 fully saturated rings. The van der Waals surface area contributed by atoms with Gasteiger partial charge in [-0.15, -0.1) is 0 Å². The van der Waals surface area contributed by atoms with Crippen molar-refractivity contribution in [3.8, 4) is 0 Å². The fourth-order valence-electron chi connectivity index (χ4n) is 2.17. The van der Waals surface area contributed by atoms with Crippen molar-refractivity contribution in [2.75, 3.05) is 5.32 Å². The monoisotopic (exact) mass is 346 g/mol. The molecule has 2 rings (SSSR count). The van der Waals surface area contributed by atoms with Crippen LogP contribution in [0, 0.1) is 10.1 Å². The van der Waals surface area contributed by atoms with Gasteiger partial charge in [0.2, 0.25) is 0 Å². The molecular formula is C16H18N4O5. The molecule has 0 unspecified atom stereocenters. The Bertz CT molecular complexity index is 841. The van der Waals surface area contributed by atoms with Crippen molar-refractivity contribution in [2.24, 2.45) is 0 Å². The molecule has 1 aromatic carbocycles. The molecule has 2 N–H and O–H groups in total. The molecule has 0 aliphatic heterocycles. The molecule has 0 saturated carbocycles. The van der Waals surface area contributed by atoms with Gasteiger partial charge in [-0.25, -0.2) is 4.79 Å². The molecule has 2 aromatic rings. The molecule has 25 heavy (non-hydrogen) atoms. The van der Waals surface area contributed by atoms with Crippen LogP contribution in [0.3, 0.4) is 0 Å². The number of nitro groups is 1. The Kier molecular flexibility index (Phi) is 4.87. The van der Waals surface area contributed by atoms with E-state index in [2.05, 4.69) is 10.4 Å². The first kappa shape index (κ1) is 18.1. The third-order valence-corrected chi connectivity index (χ3v) is 3.86. The molecule has 132 valence electrons. The zero-order valence-electron chi connectivity index (χ0n) is 14.0. The Balaban J connectivity index is 2.24.